The van der Waals surface area contributed by atoms with Crippen LogP contribution >= 0.6 is 0 Å². The average molecular weight is 201 g/mol. The van der Waals surface area contributed by atoms with Crippen LogP contribution in [0.3, 0.4) is 0 Å². The smallest absolute Gasteiger partial charge is 0.115 e. The summed E-state index contributed by atoms with van der Waals surface area (Å²) < 4.78 is 0. The van der Waals surface area contributed by atoms with Crippen molar-refractivity contribution < 1.29 is 0 Å². The molecule has 0 spiro atoms. The summed E-state index contributed by atoms with van der Waals surface area (Å²) in [6.07, 6.45) is 8.49. The van der Waals surface area contributed by atoms with E-state index < -0.39 is 0 Å². The van der Waals surface area contributed by atoms with Crippen LogP contribution in [-0.2, 0) is 0 Å². The van der Waals surface area contributed by atoms with Crippen molar-refractivity contribution in [1.82, 2.24) is 25.5 Å². The van der Waals surface area contributed by atoms with Crippen LogP contribution in [0.2, 0.25) is 0 Å². The standard InChI is InChI=1S/C10H11N5/c1-11-10(8-2-3-14-15-6-8)9-4-12-7-13-5-9/h2-7,10-11H,1H3. The molecule has 0 amide bonds. The van der Waals surface area contributed by atoms with Gasteiger partial charge in [-0.15, -0.1) is 0 Å². The molecule has 2 aromatic heterocycles. The quantitative estimate of drug-likeness (QED) is 0.786. The molecular weight excluding hydrogens is 190 g/mol. The van der Waals surface area contributed by atoms with Crippen LogP contribution in [0, 0.1) is 0 Å². The van der Waals surface area contributed by atoms with Gasteiger partial charge in [0, 0.05) is 24.2 Å². The third-order valence-corrected chi connectivity index (χ3v) is 2.14. The molecule has 0 fully saturated rings. The van der Waals surface area contributed by atoms with Gasteiger partial charge in [0.25, 0.3) is 0 Å². The molecule has 1 atom stereocenters. The van der Waals surface area contributed by atoms with Gasteiger partial charge < -0.3 is 5.32 Å². The Morgan fingerprint density at radius 2 is 1.87 bits per heavy atom. The van der Waals surface area contributed by atoms with E-state index in [2.05, 4.69) is 25.5 Å². The Kier molecular flexibility index (Phi) is 2.94. The summed E-state index contributed by atoms with van der Waals surface area (Å²) in [5.74, 6) is 0. The first kappa shape index (κ1) is 9.67. The molecule has 1 N–H and O–H groups in total. The van der Waals surface area contributed by atoms with Crippen molar-refractivity contribution in [1.29, 1.82) is 0 Å². The Morgan fingerprint density at radius 3 is 2.47 bits per heavy atom. The van der Waals surface area contributed by atoms with Gasteiger partial charge in [0.1, 0.15) is 6.33 Å². The van der Waals surface area contributed by atoms with Gasteiger partial charge in [-0.05, 0) is 18.7 Å². The Balaban J connectivity index is 2.34. The molecule has 0 bridgehead atoms. The summed E-state index contributed by atoms with van der Waals surface area (Å²) in [5, 5.41) is 10.8. The topological polar surface area (TPSA) is 63.6 Å². The minimum absolute atomic E-state index is 0.0571. The summed E-state index contributed by atoms with van der Waals surface area (Å²) in [6, 6.07) is 1.97. The fourth-order valence-corrected chi connectivity index (χ4v) is 1.46. The molecule has 0 aliphatic carbocycles. The fraction of sp³-hybridized carbons (Fsp3) is 0.200. The minimum Gasteiger partial charge on any atom is -0.309 e. The first-order valence-corrected chi connectivity index (χ1v) is 4.60. The molecule has 76 valence electrons. The molecule has 2 rings (SSSR count). The maximum Gasteiger partial charge on any atom is 0.115 e. The van der Waals surface area contributed by atoms with E-state index in [0.717, 1.165) is 11.1 Å². The maximum absolute atomic E-state index is 3.99. The average Bonchev–Trinajstić information content (AvgIpc) is 2.33. The second-order valence-electron chi connectivity index (χ2n) is 3.07. The van der Waals surface area contributed by atoms with Gasteiger partial charge >= 0.3 is 0 Å². The summed E-state index contributed by atoms with van der Waals surface area (Å²) >= 11 is 0. The van der Waals surface area contributed by atoms with Crippen LogP contribution in [0.25, 0.3) is 0 Å². The third kappa shape index (κ3) is 2.13. The lowest BCUT2D eigenvalue weighted by atomic mass is 10.0. The van der Waals surface area contributed by atoms with E-state index in [0.29, 0.717) is 0 Å². The van der Waals surface area contributed by atoms with E-state index in [4.69, 9.17) is 0 Å². The maximum atomic E-state index is 3.99. The highest BCUT2D eigenvalue weighted by Gasteiger charge is 2.11. The predicted octanol–water partition coefficient (Wildman–Crippen LogP) is 0.575. The number of aromatic nitrogens is 4. The van der Waals surface area contributed by atoms with Crippen molar-refractivity contribution in [2.45, 2.75) is 6.04 Å². The van der Waals surface area contributed by atoms with Crippen LogP contribution in [0.4, 0.5) is 0 Å². The van der Waals surface area contributed by atoms with Crippen LogP contribution in [0.5, 0.6) is 0 Å². The summed E-state index contributed by atoms with van der Waals surface area (Å²) in [6.45, 7) is 0. The minimum atomic E-state index is 0.0571. The highest BCUT2D eigenvalue weighted by molar-refractivity contribution is 5.24. The van der Waals surface area contributed by atoms with Gasteiger partial charge in [0.2, 0.25) is 0 Å². The van der Waals surface area contributed by atoms with Gasteiger partial charge in [0.05, 0.1) is 12.2 Å². The second kappa shape index (κ2) is 4.56. The van der Waals surface area contributed by atoms with Gasteiger partial charge in [-0.2, -0.15) is 10.2 Å². The molecule has 0 aliphatic heterocycles. The lowest BCUT2D eigenvalue weighted by Crippen LogP contribution is -2.18. The van der Waals surface area contributed by atoms with Crippen molar-refractivity contribution in [3.63, 3.8) is 0 Å². The first-order chi connectivity index (χ1) is 7.42. The number of nitrogens with one attached hydrogen (secondary N) is 1. The molecule has 2 aromatic rings. The second-order valence-corrected chi connectivity index (χ2v) is 3.07. The molecular formula is C10H11N5. The molecule has 15 heavy (non-hydrogen) atoms. The third-order valence-electron chi connectivity index (χ3n) is 2.14. The summed E-state index contributed by atoms with van der Waals surface area (Å²) in [7, 11) is 1.89. The number of rotatable bonds is 3. The van der Waals surface area contributed by atoms with E-state index in [1.54, 1.807) is 24.8 Å². The number of nitrogens with zero attached hydrogens (tertiary/aromatic N) is 4. The number of hydrogen-bond acceptors (Lipinski definition) is 5. The van der Waals surface area contributed by atoms with Crippen LogP contribution in [0.15, 0.2) is 37.2 Å². The Hall–Kier alpha value is -1.88. The monoisotopic (exact) mass is 201 g/mol. The molecule has 0 aromatic carbocycles. The van der Waals surface area contributed by atoms with E-state index >= 15 is 0 Å². The van der Waals surface area contributed by atoms with Crippen LogP contribution in [0.1, 0.15) is 17.2 Å². The van der Waals surface area contributed by atoms with Crippen molar-refractivity contribution in [2.24, 2.45) is 0 Å². The highest BCUT2D eigenvalue weighted by Crippen LogP contribution is 2.18. The van der Waals surface area contributed by atoms with E-state index in [-0.39, 0.29) is 6.04 Å². The molecule has 0 aliphatic rings. The van der Waals surface area contributed by atoms with Gasteiger partial charge in [-0.25, -0.2) is 9.97 Å². The predicted molar refractivity (Wildman–Crippen MR) is 55.0 cm³/mol. The lowest BCUT2D eigenvalue weighted by Gasteiger charge is -2.14. The Morgan fingerprint density at radius 1 is 1.07 bits per heavy atom. The zero-order chi connectivity index (χ0) is 10.5. The first-order valence-electron chi connectivity index (χ1n) is 4.60. The molecule has 0 saturated heterocycles. The Bertz CT molecular complexity index is 363. The molecule has 5 nitrogen and oxygen atoms in total. The molecule has 0 radical (unpaired) electrons. The normalized spacial score (nSPS) is 12.3. The van der Waals surface area contributed by atoms with Gasteiger partial charge in [0.15, 0.2) is 0 Å². The Labute approximate surface area is 87.6 Å². The van der Waals surface area contributed by atoms with E-state index in [1.165, 1.54) is 6.33 Å². The molecule has 0 saturated carbocycles. The van der Waals surface area contributed by atoms with Gasteiger partial charge in [-0.3, -0.25) is 0 Å². The largest absolute Gasteiger partial charge is 0.309 e. The molecule has 5 heteroatoms. The van der Waals surface area contributed by atoms with Crippen LogP contribution < -0.4 is 5.32 Å². The van der Waals surface area contributed by atoms with Crippen molar-refractivity contribution in [2.75, 3.05) is 7.05 Å². The van der Waals surface area contributed by atoms with Crippen molar-refractivity contribution in [3.05, 3.63) is 48.3 Å². The van der Waals surface area contributed by atoms with E-state index in [1.807, 2.05) is 13.1 Å². The van der Waals surface area contributed by atoms with Crippen LogP contribution in [-0.4, -0.2) is 27.2 Å². The highest BCUT2D eigenvalue weighted by atomic mass is 15.1. The molecule has 1 unspecified atom stereocenters. The fourth-order valence-electron chi connectivity index (χ4n) is 1.46. The van der Waals surface area contributed by atoms with Crippen molar-refractivity contribution in [3.8, 4) is 0 Å². The zero-order valence-electron chi connectivity index (χ0n) is 8.33. The molecule has 2 heterocycles. The van der Waals surface area contributed by atoms with Gasteiger partial charge in [-0.1, -0.05) is 0 Å². The lowest BCUT2D eigenvalue weighted by molar-refractivity contribution is 0.678. The summed E-state index contributed by atoms with van der Waals surface area (Å²) in [5.41, 5.74) is 2.05. The SMILES string of the molecule is CNC(c1cncnc1)c1ccnnc1. The van der Waals surface area contributed by atoms with E-state index in [9.17, 15) is 0 Å². The number of hydrogen-bond donors (Lipinski definition) is 1. The zero-order valence-corrected chi connectivity index (χ0v) is 8.33. The van der Waals surface area contributed by atoms with Crippen molar-refractivity contribution >= 4 is 0 Å². The summed E-state index contributed by atoms with van der Waals surface area (Å²) in [4.78, 5) is 7.98.